The van der Waals surface area contributed by atoms with Crippen LogP contribution < -0.4 is 5.73 Å². The molecule has 17 heavy (non-hydrogen) atoms. The van der Waals surface area contributed by atoms with Gasteiger partial charge in [0.2, 0.25) is 0 Å². The van der Waals surface area contributed by atoms with Gasteiger partial charge in [-0.15, -0.1) is 0 Å². The van der Waals surface area contributed by atoms with Gasteiger partial charge in [0.25, 0.3) is 0 Å². The number of carbonyl (C=O) groups is 1. The van der Waals surface area contributed by atoms with E-state index in [1.54, 1.807) is 6.92 Å². The highest BCUT2D eigenvalue weighted by molar-refractivity contribution is 9.10. The highest BCUT2D eigenvalue weighted by Crippen LogP contribution is 2.40. The summed E-state index contributed by atoms with van der Waals surface area (Å²) in [6.45, 7) is 1.61. The Bertz CT molecular complexity index is 434. The predicted molar refractivity (Wildman–Crippen MR) is 65.5 cm³/mol. The van der Waals surface area contributed by atoms with E-state index in [-0.39, 0.29) is 33.7 Å². The fraction of sp³-hybridized carbons (Fsp3) is 0.300. The molecule has 1 unspecified atom stereocenters. The largest absolute Gasteiger partial charge is 0.446 e. The Morgan fingerprint density at radius 2 is 2.06 bits per heavy atom. The average Bonchev–Trinajstić information content (AvgIpc) is 2.18. The lowest BCUT2D eigenvalue weighted by molar-refractivity contribution is -0.0328. The van der Waals surface area contributed by atoms with E-state index in [1.165, 1.54) is 12.1 Å². The topological polar surface area (TPSA) is 43.1 Å². The Balaban J connectivity index is 3.07. The van der Waals surface area contributed by atoms with E-state index in [0.717, 1.165) is 6.07 Å². The molecule has 0 heterocycles. The molecule has 0 radical (unpaired) electrons. The van der Waals surface area contributed by atoms with Gasteiger partial charge in [-0.1, -0.05) is 15.9 Å². The number of nitrogen functional groups attached to an aromatic ring is 1. The van der Waals surface area contributed by atoms with Gasteiger partial charge in [0.15, 0.2) is 5.78 Å². The van der Waals surface area contributed by atoms with Gasteiger partial charge in [-0.2, -0.15) is 13.2 Å². The molecule has 0 aliphatic heterocycles. The molecule has 0 amide bonds. The summed E-state index contributed by atoms with van der Waals surface area (Å²) in [6, 6.07) is 3.88. The third kappa shape index (κ3) is 4.23. The maximum Gasteiger partial charge on any atom is 0.446 e. The fourth-order valence-corrected chi connectivity index (χ4v) is 2.02. The van der Waals surface area contributed by atoms with Gasteiger partial charge in [-0.05, 0) is 36.9 Å². The number of anilines is 1. The Hall–Kier alpha value is -0.690. The van der Waals surface area contributed by atoms with Crippen LogP contribution in [0.15, 0.2) is 23.1 Å². The van der Waals surface area contributed by atoms with E-state index in [1.807, 2.05) is 0 Å². The molecule has 0 aliphatic carbocycles. The second-order valence-electron chi connectivity index (χ2n) is 3.28. The second kappa shape index (κ2) is 5.30. The average molecular weight is 328 g/mol. The van der Waals surface area contributed by atoms with E-state index in [4.69, 9.17) is 5.73 Å². The predicted octanol–water partition coefficient (Wildman–Crippen LogP) is 3.85. The van der Waals surface area contributed by atoms with E-state index < -0.39 is 10.3 Å². The maximum atomic E-state index is 12.2. The zero-order chi connectivity index (χ0) is 13.2. The standard InChI is InChI=1S/C10H9BrF3NOS/c1-5(11)9(16)6-2-3-7(15)8(4-6)17-10(12,13)14/h2-5H,15H2,1H3. The van der Waals surface area contributed by atoms with Crippen molar-refractivity contribution in [3.05, 3.63) is 23.8 Å². The van der Waals surface area contributed by atoms with Crippen molar-refractivity contribution < 1.29 is 18.0 Å². The minimum Gasteiger partial charge on any atom is -0.398 e. The quantitative estimate of drug-likeness (QED) is 0.397. The Kier molecular flexibility index (Phi) is 4.48. The van der Waals surface area contributed by atoms with Crippen LogP contribution in [-0.2, 0) is 0 Å². The third-order valence-electron chi connectivity index (χ3n) is 1.89. The van der Waals surface area contributed by atoms with Gasteiger partial charge in [-0.25, -0.2) is 0 Å². The van der Waals surface area contributed by atoms with Crippen LogP contribution in [0, 0.1) is 0 Å². The molecule has 1 atom stereocenters. The van der Waals surface area contributed by atoms with Crippen molar-refractivity contribution in [3.8, 4) is 0 Å². The van der Waals surface area contributed by atoms with Gasteiger partial charge >= 0.3 is 5.51 Å². The van der Waals surface area contributed by atoms with E-state index >= 15 is 0 Å². The lowest BCUT2D eigenvalue weighted by Crippen LogP contribution is -2.10. The van der Waals surface area contributed by atoms with E-state index in [9.17, 15) is 18.0 Å². The fourth-order valence-electron chi connectivity index (χ4n) is 1.13. The van der Waals surface area contributed by atoms with Crippen LogP contribution in [0.25, 0.3) is 0 Å². The van der Waals surface area contributed by atoms with Crippen LogP contribution >= 0.6 is 27.7 Å². The molecule has 0 saturated carbocycles. The van der Waals surface area contributed by atoms with Crippen molar-refractivity contribution in [2.75, 3.05) is 5.73 Å². The minimum absolute atomic E-state index is 0.00565. The molecule has 1 aromatic carbocycles. The monoisotopic (exact) mass is 327 g/mol. The molecule has 2 nitrogen and oxygen atoms in total. The number of benzene rings is 1. The number of hydrogen-bond donors (Lipinski definition) is 1. The summed E-state index contributed by atoms with van der Waals surface area (Å²) in [5.74, 6) is -0.283. The molecular formula is C10H9BrF3NOS. The van der Waals surface area contributed by atoms with Crippen LogP contribution in [0.5, 0.6) is 0 Å². The number of Topliss-reactive ketones (excluding diaryl/α,β-unsaturated/α-hetero) is 1. The van der Waals surface area contributed by atoms with Crippen molar-refractivity contribution >= 4 is 39.2 Å². The number of halogens is 4. The minimum atomic E-state index is -4.42. The summed E-state index contributed by atoms with van der Waals surface area (Å²) >= 11 is 2.75. The molecule has 0 aromatic heterocycles. The van der Waals surface area contributed by atoms with Gasteiger partial charge in [-0.3, -0.25) is 4.79 Å². The smallest absolute Gasteiger partial charge is 0.398 e. The van der Waals surface area contributed by atoms with Crippen LogP contribution in [0.3, 0.4) is 0 Å². The Labute approximate surface area is 109 Å². The number of nitrogens with two attached hydrogens (primary N) is 1. The van der Waals surface area contributed by atoms with Gasteiger partial charge in [0, 0.05) is 16.1 Å². The molecule has 94 valence electrons. The number of rotatable bonds is 3. The van der Waals surface area contributed by atoms with Crippen molar-refractivity contribution in [3.63, 3.8) is 0 Å². The molecule has 0 aliphatic rings. The lowest BCUT2D eigenvalue weighted by Gasteiger charge is -2.10. The van der Waals surface area contributed by atoms with Crippen LogP contribution in [0.1, 0.15) is 17.3 Å². The van der Waals surface area contributed by atoms with Gasteiger partial charge < -0.3 is 5.73 Å². The third-order valence-corrected chi connectivity index (χ3v) is 3.11. The molecule has 7 heteroatoms. The first kappa shape index (κ1) is 14.4. The maximum absolute atomic E-state index is 12.2. The lowest BCUT2D eigenvalue weighted by atomic mass is 10.1. The summed E-state index contributed by atoms with van der Waals surface area (Å²) in [5, 5.41) is 0. The van der Waals surface area contributed by atoms with E-state index in [0.29, 0.717) is 0 Å². The highest BCUT2D eigenvalue weighted by Gasteiger charge is 2.30. The van der Waals surface area contributed by atoms with Crippen LogP contribution in [0.4, 0.5) is 18.9 Å². The van der Waals surface area contributed by atoms with Crippen molar-refractivity contribution in [1.82, 2.24) is 0 Å². The van der Waals surface area contributed by atoms with Crippen molar-refractivity contribution in [1.29, 1.82) is 0 Å². The molecule has 1 rings (SSSR count). The van der Waals surface area contributed by atoms with Crippen molar-refractivity contribution in [2.45, 2.75) is 22.2 Å². The molecule has 0 bridgehead atoms. The van der Waals surface area contributed by atoms with Gasteiger partial charge in [0.05, 0.1) is 4.83 Å². The number of alkyl halides is 4. The number of ketones is 1. The SMILES string of the molecule is CC(Br)C(=O)c1ccc(N)c(SC(F)(F)F)c1. The first-order valence-electron chi connectivity index (χ1n) is 4.54. The summed E-state index contributed by atoms with van der Waals surface area (Å²) in [7, 11) is 0. The molecular weight excluding hydrogens is 319 g/mol. The highest BCUT2D eigenvalue weighted by atomic mass is 79.9. The van der Waals surface area contributed by atoms with E-state index in [2.05, 4.69) is 15.9 Å². The first-order valence-corrected chi connectivity index (χ1v) is 6.27. The molecule has 2 N–H and O–H groups in total. The zero-order valence-electron chi connectivity index (χ0n) is 8.72. The zero-order valence-corrected chi connectivity index (χ0v) is 11.1. The van der Waals surface area contributed by atoms with Crippen LogP contribution in [-0.4, -0.2) is 16.1 Å². The number of thioether (sulfide) groups is 1. The summed E-state index contributed by atoms with van der Waals surface area (Å²) in [4.78, 5) is 11.0. The molecule has 0 saturated heterocycles. The number of hydrogen-bond acceptors (Lipinski definition) is 3. The Morgan fingerprint density at radius 3 is 2.53 bits per heavy atom. The summed E-state index contributed by atoms with van der Waals surface area (Å²) in [6.07, 6.45) is 0. The Morgan fingerprint density at radius 1 is 1.47 bits per heavy atom. The first-order chi connectivity index (χ1) is 7.70. The number of carbonyl (C=O) groups excluding carboxylic acids is 1. The van der Waals surface area contributed by atoms with Gasteiger partial charge in [0.1, 0.15) is 0 Å². The molecule has 1 aromatic rings. The second-order valence-corrected chi connectivity index (χ2v) is 5.76. The van der Waals surface area contributed by atoms with Crippen LogP contribution in [0.2, 0.25) is 0 Å². The normalized spacial score (nSPS) is 13.5. The summed E-state index contributed by atoms with van der Waals surface area (Å²) in [5.41, 5.74) is 1.22. The molecule has 0 spiro atoms. The molecule has 0 fully saturated rings. The van der Waals surface area contributed by atoms with Crippen molar-refractivity contribution in [2.24, 2.45) is 0 Å². The summed E-state index contributed by atoms with van der Waals surface area (Å²) < 4.78 is 36.7.